The number of aryl methyl sites for hydroxylation is 1. The van der Waals surface area contributed by atoms with Gasteiger partial charge < -0.3 is 15.4 Å². The van der Waals surface area contributed by atoms with E-state index in [9.17, 15) is 14.4 Å². The minimum Gasteiger partial charge on any atom is -0.444 e. The second-order valence-corrected chi connectivity index (χ2v) is 7.98. The maximum Gasteiger partial charge on any atom is 0.412 e. The van der Waals surface area contributed by atoms with Crippen LogP contribution in [0.3, 0.4) is 0 Å². The number of carbonyl (C=O) groups excluding carboxylic acids is 3. The molecule has 3 N–H and O–H groups in total. The van der Waals surface area contributed by atoms with Crippen molar-refractivity contribution in [2.24, 2.45) is 0 Å². The fourth-order valence-electron chi connectivity index (χ4n) is 2.59. The Morgan fingerprint density at radius 3 is 2.10 bits per heavy atom. The van der Waals surface area contributed by atoms with Crippen LogP contribution < -0.4 is 16.0 Å². The molecule has 0 aliphatic carbocycles. The molecule has 0 radical (unpaired) electrons. The number of anilines is 3. The maximum absolute atomic E-state index is 12.5. The van der Waals surface area contributed by atoms with Crippen LogP contribution in [0.4, 0.5) is 21.9 Å². The zero-order valence-electron chi connectivity index (χ0n) is 18.1. The first-order chi connectivity index (χ1) is 14.1. The highest BCUT2D eigenvalue weighted by Crippen LogP contribution is 2.21. The summed E-state index contributed by atoms with van der Waals surface area (Å²) < 4.78 is 5.21. The van der Waals surface area contributed by atoms with Crippen LogP contribution in [0, 0.1) is 6.92 Å². The third-order valence-corrected chi connectivity index (χ3v) is 4.08. The van der Waals surface area contributed by atoms with Crippen LogP contribution in [0.15, 0.2) is 42.5 Å². The van der Waals surface area contributed by atoms with E-state index in [1.807, 2.05) is 13.0 Å². The van der Waals surface area contributed by atoms with E-state index < -0.39 is 11.7 Å². The molecule has 0 saturated heterocycles. The minimum atomic E-state index is -0.573. The van der Waals surface area contributed by atoms with Crippen molar-refractivity contribution in [2.75, 3.05) is 16.0 Å². The van der Waals surface area contributed by atoms with E-state index in [1.54, 1.807) is 64.1 Å². The normalized spacial score (nSPS) is 10.8. The third kappa shape index (κ3) is 7.58. The van der Waals surface area contributed by atoms with Crippen LogP contribution in [-0.2, 0) is 20.7 Å². The van der Waals surface area contributed by atoms with E-state index in [4.69, 9.17) is 4.74 Å². The third-order valence-electron chi connectivity index (χ3n) is 4.08. The standard InChI is InChI=1S/C23H29N3O4/c1-6-20(27)24-18-10-7-15(2)19(14-18)26-21(28)13-16-8-11-17(12-9-16)25-22(29)30-23(3,4)5/h7-12,14H,6,13H2,1-5H3,(H,24,27)(H,25,29)(H,26,28). The van der Waals surface area contributed by atoms with Crippen LogP contribution in [0.5, 0.6) is 0 Å². The van der Waals surface area contributed by atoms with Gasteiger partial charge in [-0.15, -0.1) is 0 Å². The molecule has 2 rings (SSSR count). The molecule has 160 valence electrons. The quantitative estimate of drug-likeness (QED) is 0.632. The molecular formula is C23H29N3O4. The summed E-state index contributed by atoms with van der Waals surface area (Å²) in [7, 11) is 0. The lowest BCUT2D eigenvalue weighted by Gasteiger charge is -2.19. The van der Waals surface area contributed by atoms with E-state index in [-0.39, 0.29) is 18.2 Å². The highest BCUT2D eigenvalue weighted by molar-refractivity contribution is 5.95. The van der Waals surface area contributed by atoms with Crippen molar-refractivity contribution in [2.45, 2.75) is 53.1 Å². The van der Waals surface area contributed by atoms with Gasteiger partial charge in [-0.05, 0) is 63.1 Å². The average molecular weight is 412 g/mol. The zero-order chi connectivity index (χ0) is 22.3. The largest absolute Gasteiger partial charge is 0.444 e. The van der Waals surface area contributed by atoms with Gasteiger partial charge in [0.15, 0.2) is 0 Å². The smallest absolute Gasteiger partial charge is 0.412 e. The summed E-state index contributed by atoms with van der Waals surface area (Å²) in [5.41, 5.74) is 3.00. The molecule has 0 aromatic heterocycles. The van der Waals surface area contributed by atoms with E-state index >= 15 is 0 Å². The molecule has 0 fully saturated rings. The number of amides is 3. The lowest BCUT2D eigenvalue weighted by atomic mass is 10.1. The number of benzene rings is 2. The minimum absolute atomic E-state index is 0.0868. The fraction of sp³-hybridized carbons (Fsp3) is 0.348. The predicted octanol–water partition coefficient (Wildman–Crippen LogP) is 4.87. The molecule has 0 spiro atoms. The summed E-state index contributed by atoms with van der Waals surface area (Å²) in [6.07, 6.45) is 0.0324. The summed E-state index contributed by atoms with van der Waals surface area (Å²) in [6, 6.07) is 12.4. The molecule has 30 heavy (non-hydrogen) atoms. The van der Waals surface area contributed by atoms with Crippen molar-refractivity contribution in [3.05, 3.63) is 53.6 Å². The van der Waals surface area contributed by atoms with Gasteiger partial charge in [0.1, 0.15) is 5.60 Å². The Hall–Kier alpha value is -3.35. The van der Waals surface area contributed by atoms with E-state index in [0.717, 1.165) is 11.1 Å². The first kappa shape index (κ1) is 22.9. The number of hydrogen-bond acceptors (Lipinski definition) is 4. The van der Waals surface area contributed by atoms with Crippen molar-refractivity contribution in [3.63, 3.8) is 0 Å². The zero-order valence-corrected chi connectivity index (χ0v) is 18.1. The molecule has 0 saturated carbocycles. The van der Waals surface area contributed by atoms with Crippen LogP contribution in [0.2, 0.25) is 0 Å². The maximum atomic E-state index is 12.5. The Morgan fingerprint density at radius 1 is 0.867 bits per heavy atom. The molecule has 7 nitrogen and oxygen atoms in total. The van der Waals surface area contributed by atoms with Gasteiger partial charge in [-0.1, -0.05) is 25.1 Å². The van der Waals surface area contributed by atoms with Crippen LogP contribution in [0.25, 0.3) is 0 Å². The second kappa shape index (κ2) is 9.91. The Balaban J connectivity index is 1.96. The Bertz CT molecular complexity index is 915. The summed E-state index contributed by atoms with van der Waals surface area (Å²) in [5.74, 6) is -0.263. The average Bonchev–Trinajstić information content (AvgIpc) is 2.64. The van der Waals surface area contributed by atoms with Crippen molar-refractivity contribution >= 4 is 35.0 Å². The van der Waals surface area contributed by atoms with E-state index in [1.165, 1.54) is 0 Å². The van der Waals surface area contributed by atoms with Crippen molar-refractivity contribution in [3.8, 4) is 0 Å². The topological polar surface area (TPSA) is 96.5 Å². The Morgan fingerprint density at radius 2 is 1.50 bits per heavy atom. The van der Waals surface area contributed by atoms with E-state index in [0.29, 0.717) is 23.5 Å². The number of hydrogen-bond donors (Lipinski definition) is 3. The fourth-order valence-corrected chi connectivity index (χ4v) is 2.59. The van der Waals surface area contributed by atoms with Gasteiger partial charge in [-0.2, -0.15) is 0 Å². The molecule has 0 aliphatic rings. The summed E-state index contributed by atoms with van der Waals surface area (Å²) >= 11 is 0. The highest BCUT2D eigenvalue weighted by atomic mass is 16.6. The molecule has 7 heteroatoms. The number of rotatable bonds is 6. The SMILES string of the molecule is CCC(=O)Nc1ccc(C)c(NC(=O)Cc2ccc(NC(=O)OC(C)(C)C)cc2)c1. The molecule has 2 aromatic rings. The molecule has 0 atom stereocenters. The summed E-state index contributed by atoms with van der Waals surface area (Å²) in [6.45, 7) is 9.05. The van der Waals surface area contributed by atoms with Crippen molar-refractivity contribution < 1.29 is 19.1 Å². The first-order valence-electron chi connectivity index (χ1n) is 9.85. The van der Waals surface area contributed by atoms with Gasteiger partial charge in [0.25, 0.3) is 0 Å². The number of carbonyl (C=O) groups is 3. The van der Waals surface area contributed by atoms with Gasteiger partial charge in [0.05, 0.1) is 6.42 Å². The first-order valence-corrected chi connectivity index (χ1v) is 9.85. The van der Waals surface area contributed by atoms with Gasteiger partial charge in [0, 0.05) is 23.5 Å². The lowest BCUT2D eigenvalue weighted by Crippen LogP contribution is -2.27. The van der Waals surface area contributed by atoms with Crippen molar-refractivity contribution in [1.82, 2.24) is 0 Å². The summed E-state index contributed by atoms with van der Waals surface area (Å²) in [5, 5.41) is 8.32. The molecule has 2 aromatic carbocycles. The van der Waals surface area contributed by atoms with Crippen molar-refractivity contribution in [1.29, 1.82) is 0 Å². The van der Waals surface area contributed by atoms with Gasteiger partial charge in [-0.25, -0.2) is 4.79 Å². The van der Waals surface area contributed by atoms with Crippen LogP contribution >= 0.6 is 0 Å². The van der Waals surface area contributed by atoms with Crippen LogP contribution in [0.1, 0.15) is 45.2 Å². The number of nitrogens with one attached hydrogen (secondary N) is 3. The lowest BCUT2D eigenvalue weighted by molar-refractivity contribution is -0.116. The number of ether oxygens (including phenoxy) is 1. The van der Waals surface area contributed by atoms with E-state index in [2.05, 4.69) is 16.0 Å². The monoisotopic (exact) mass is 411 g/mol. The Kier molecular flexibility index (Phi) is 7.58. The molecule has 0 aliphatic heterocycles. The molecular weight excluding hydrogens is 382 g/mol. The molecule has 0 bridgehead atoms. The Labute approximate surface area is 177 Å². The van der Waals surface area contributed by atoms with Gasteiger partial charge >= 0.3 is 6.09 Å². The molecule has 0 heterocycles. The summed E-state index contributed by atoms with van der Waals surface area (Å²) in [4.78, 5) is 35.8. The molecule has 3 amide bonds. The molecule has 0 unspecified atom stereocenters. The predicted molar refractivity (Wildman–Crippen MR) is 119 cm³/mol. The van der Waals surface area contributed by atoms with Crippen LogP contribution in [-0.4, -0.2) is 23.5 Å². The van der Waals surface area contributed by atoms with Gasteiger partial charge in [0.2, 0.25) is 11.8 Å². The van der Waals surface area contributed by atoms with Gasteiger partial charge in [-0.3, -0.25) is 14.9 Å². The highest BCUT2D eigenvalue weighted by Gasteiger charge is 2.16. The second-order valence-electron chi connectivity index (χ2n) is 7.98.